The third-order valence-corrected chi connectivity index (χ3v) is 3.37. The molecule has 3 nitrogen and oxygen atoms in total. The maximum Gasteiger partial charge on any atom is 0.159 e. The molecule has 0 aromatic heterocycles. The fourth-order valence-electron chi connectivity index (χ4n) is 2.32. The average molecular weight is 259 g/mol. The predicted molar refractivity (Wildman–Crippen MR) is 76.5 cm³/mol. The zero-order valence-electron chi connectivity index (χ0n) is 11.5. The molecule has 1 aromatic rings. The molecule has 0 spiro atoms. The molecule has 1 aliphatic heterocycles. The fourth-order valence-corrected chi connectivity index (χ4v) is 2.32. The van der Waals surface area contributed by atoms with Crippen LogP contribution in [-0.4, -0.2) is 30.3 Å². The van der Waals surface area contributed by atoms with Crippen LogP contribution in [0.4, 0.5) is 0 Å². The molecule has 1 aromatic carbocycles. The normalized spacial score (nSPS) is 16.1. The van der Waals surface area contributed by atoms with Gasteiger partial charge in [-0.1, -0.05) is 13.0 Å². The lowest BCUT2D eigenvalue weighted by atomic mass is 10.1. The summed E-state index contributed by atoms with van der Waals surface area (Å²) in [6.45, 7) is 8.58. The molecule has 0 atom stereocenters. The first-order chi connectivity index (χ1) is 9.15. The van der Waals surface area contributed by atoms with Crippen LogP contribution in [0.25, 0.3) is 0 Å². The highest BCUT2D eigenvalue weighted by Gasteiger charge is 2.11. The SMILES string of the molecule is C=C(CN1CCCCC1)Oc1ccc(C(C)=O)cc1. The van der Waals surface area contributed by atoms with Crippen molar-refractivity contribution in [1.82, 2.24) is 4.90 Å². The molecule has 1 saturated heterocycles. The fraction of sp³-hybridized carbons (Fsp3) is 0.438. The molecule has 0 radical (unpaired) electrons. The first-order valence-corrected chi connectivity index (χ1v) is 6.84. The second kappa shape index (κ2) is 6.53. The molecule has 1 fully saturated rings. The van der Waals surface area contributed by atoms with Crippen LogP contribution in [0, 0.1) is 0 Å². The molecule has 0 bridgehead atoms. The van der Waals surface area contributed by atoms with Gasteiger partial charge in [0.05, 0.1) is 6.54 Å². The molecule has 1 heterocycles. The number of ether oxygens (including phenoxy) is 1. The number of carbonyl (C=O) groups excluding carboxylic acids is 1. The highest BCUT2D eigenvalue weighted by atomic mass is 16.5. The van der Waals surface area contributed by atoms with Crippen molar-refractivity contribution in [2.45, 2.75) is 26.2 Å². The second-order valence-corrected chi connectivity index (χ2v) is 5.06. The lowest BCUT2D eigenvalue weighted by Gasteiger charge is -2.26. The topological polar surface area (TPSA) is 29.5 Å². The van der Waals surface area contributed by atoms with E-state index in [1.807, 2.05) is 12.1 Å². The molecular weight excluding hydrogens is 238 g/mol. The van der Waals surface area contributed by atoms with E-state index < -0.39 is 0 Å². The lowest BCUT2D eigenvalue weighted by Crippen LogP contribution is -2.32. The van der Waals surface area contributed by atoms with Crippen LogP contribution in [0.1, 0.15) is 36.5 Å². The number of benzene rings is 1. The molecule has 0 unspecified atom stereocenters. The summed E-state index contributed by atoms with van der Waals surface area (Å²) in [7, 11) is 0. The minimum atomic E-state index is 0.0682. The van der Waals surface area contributed by atoms with Crippen molar-refractivity contribution in [3.8, 4) is 5.75 Å². The maximum absolute atomic E-state index is 11.2. The van der Waals surface area contributed by atoms with Gasteiger partial charge in [0.25, 0.3) is 0 Å². The van der Waals surface area contributed by atoms with Gasteiger partial charge in [0, 0.05) is 5.56 Å². The summed E-state index contributed by atoms with van der Waals surface area (Å²) in [5, 5.41) is 0. The summed E-state index contributed by atoms with van der Waals surface area (Å²) in [5.41, 5.74) is 0.703. The van der Waals surface area contributed by atoms with E-state index in [1.165, 1.54) is 19.3 Å². The summed E-state index contributed by atoms with van der Waals surface area (Å²) in [4.78, 5) is 13.5. The third-order valence-electron chi connectivity index (χ3n) is 3.37. The quantitative estimate of drug-likeness (QED) is 0.600. The first kappa shape index (κ1) is 13.8. The largest absolute Gasteiger partial charge is 0.461 e. The first-order valence-electron chi connectivity index (χ1n) is 6.84. The van der Waals surface area contributed by atoms with Gasteiger partial charge in [-0.3, -0.25) is 9.69 Å². The van der Waals surface area contributed by atoms with E-state index in [-0.39, 0.29) is 5.78 Å². The van der Waals surface area contributed by atoms with Crippen molar-refractivity contribution in [3.05, 3.63) is 42.2 Å². The van der Waals surface area contributed by atoms with E-state index in [4.69, 9.17) is 4.74 Å². The standard InChI is InChI=1S/C16H21NO2/c1-13(12-17-10-4-3-5-11-17)19-16-8-6-15(7-9-16)14(2)18/h6-9H,1,3-5,10-12H2,2H3. The second-order valence-electron chi connectivity index (χ2n) is 5.06. The van der Waals surface area contributed by atoms with Crippen LogP contribution in [0.2, 0.25) is 0 Å². The number of rotatable bonds is 5. The van der Waals surface area contributed by atoms with Crippen molar-refractivity contribution < 1.29 is 9.53 Å². The summed E-state index contributed by atoms with van der Waals surface area (Å²) in [6.07, 6.45) is 3.86. The Labute approximate surface area is 114 Å². The van der Waals surface area contributed by atoms with Crippen molar-refractivity contribution >= 4 is 5.78 Å². The van der Waals surface area contributed by atoms with Gasteiger partial charge in [-0.15, -0.1) is 0 Å². The highest BCUT2D eigenvalue weighted by molar-refractivity contribution is 5.94. The van der Waals surface area contributed by atoms with E-state index in [0.717, 1.165) is 31.1 Å². The van der Waals surface area contributed by atoms with Gasteiger partial charge < -0.3 is 4.74 Å². The Hall–Kier alpha value is -1.61. The lowest BCUT2D eigenvalue weighted by molar-refractivity contribution is 0.101. The molecule has 0 saturated carbocycles. The molecule has 0 aliphatic carbocycles. The predicted octanol–water partition coefficient (Wildman–Crippen LogP) is 3.27. The van der Waals surface area contributed by atoms with Gasteiger partial charge in [-0.05, 0) is 57.1 Å². The molecule has 2 rings (SSSR count). The van der Waals surface area contributed by atoms with Gasteiger partial charge in [0.15, 0.2) is 5.78 Å². The van der Waals surface area contributed by atoms with Crippen molar-refractivity contribution in [1.29, 1.82) is 0 Å². The van der Waals surface area contributed by atoms with Crippen LogP contribution in [0.3, 0.4) is 0 Å². The van der Waals surface area contributed by atoms with Crippen LogP contribution >= 0.6 is 0 Å². The molecule has 102 valence electrons. The van der Waals surface area contributed by atoms with Gasteiger partial charge in [0.1, 0.15) is 11.5 Å². The number of carbonyl (C=O) groups is 1. The van der Waals surface area contributed by atoms with Gasteiger partial charge in [0.2, 0.25) is 0 Å². The van der Waals surface area contributed by atoms with Gasteiger partial charge >= 0.3 is 0 Å². The number of hydrogen-bond donors (Lipinski definition) is 0. The zero-order valence-corrected chi connectivity index (χ0v) is 11.5. The summed E-state index contributed by atoms with van der Waals surface area (Å²) < 4.78 is 5.70. The van der Waals surface area contributed by atoms with Crippen molar-refractivity contribution in [2.24, 2.45) is 0 Å². The number of Topliss-reactive ketones (excluding diaryl/α,β-unsaturated/α-hetero) is 1. The Kier molecular flexibility index (Phi) is 4.74. The molecule has 3 heteroatoms. The average Bonchev–Trinajstić information content (AvgIpc) is 2.40. The van der Waals surface area contributed by atoms with Crippen molar-refractivity contribution in [2.75, 3.05) is 19.6 Å². The van der Waals surface area contributed by atoms with E-state index in [0.29, 0.717) is 5.56 Å². The molecular formula is C16H21NO2. The number of hydrogen-bond acceptors (Lipinski definition) is 3. The van der Waals surface area contributed by atoms with Crippen LogP contribution in [0.5, 0.6) is 5.75 Å². The van der Waals surface area contributed by atoms with E-state index in [1.54, 1.807) is 19.1 Å². The Morgan fingerprint density at radius 3 is 2.42 bits per heavy atom. The monoisotopic (exact) mass is 259 g/mol. The van der Waals surface area contributed by atoms with Gasteiger partial charge in [-0.25, -0.2) is 0 Å². The summed E-state index contributed by atoms with van der Waals surface area (Å²) >= 11 is 0. The molecule has 19 heavy (non-hydrogen) atoms. The Balaban J connectivity index is 1.85. The van der Waals surface area contributed by atoms with E-state index in [2.05, 4.69) is 11.5 Å². The Morgan fingerprint density at radius 2 is 1.84 bits per heavy atom. The maximum atomic E-state index is 11.2. The van der Waals surface area contributed by atoms with E-state index >= 15 is 0 Å². The number of ketones is 1. The Morgan fingerprint density at radius 1 is 1.21 bits per heavy atom. The molecule has 0 N–H and O–H groups in total. The summed E-state index contributed by atoms with van der Waals surface area (Å²) in [6, 6.07) is 7.20. The van der Waals surface area contributed by atoms with Crippen LogP contribution < -0.4 is 4.74 Å². The minimum Gasteiger partial charge on any atom is -0.461 e. The number of likely N-dealkylation sites (tertiary alicyclic amines) is 1. The summed E-state index contributed by atoms with van der Waals surface area (Å²) in [5.74, 6) is 1.57. The van der Waals surface area contributed by atoms with Crippen molar-refractivity contribution in [3.63, 3.8) is 0 Å². The zero-order chi connectivity index (χ0) is 13.7. The van der Waals surface area contributed by atoms with Gasteiger partial charge in [-0.2, -0.15) is 0 Å². The van der Waals surface area contributed by atoms with E-state index in [9.17, 15) is 4.79 Å². The number of piperidine rings is 1. The highest BCUT2D eigenvalue weighted by Crippen LogP contribution is 2.16. The minimum absolute atomic E-state index is 0.0682. The Bertz CT molecular complexity index is 444. The molecule has 0 amide bonds. The smallest absolute Gasteiger partial charge is 0.159 e. The van der Waals surface area contributed by atoms with Crippen LogP contribution in [0.15, 0.2) is 36.6 Å². The molecule has 1 aliphatic rings. The third kappa shape index (κ3) is 4.21. The van der Waals surface area contributed by atoms with Crippen LogP contribution in [-0.2, 0) is 0 Å². The number of nitrogens with zero attached hydrogens (tertiary/aromatic N) is 1.